The molecular formula is C15H22ClNO2. The molecule has 3 nitrogen and oxygen atoms in total. The van der Waals surface area contributed by atoms with Crippen molar-refractivity contribution in [3.63, 3.8) is 0 Å². The summed E-state index contributed by atoms with van der Waals surface area (Å²) < 4.78 is 0. The Bertz CT molecular complexity index is 432. The number of rotatable bonds is 7. The first-order valence-corrected chi connectivity index (χ1v) is 7.10. The van der Waals surface area contributed by atoms with Gasteiger partial charge in [0.2, 0.25) is 0 Å². The molecule has 1 aromatic rings. The minimum absolute atomic E-state index is 0.0888. The summed E-state index contributed by atoms with van der Waals surface area (Å²) >= 11 is 6.07. The topological polar surface area (TPSA) is 40.5 Å². The van der Waals surface area contributed by atoms with E-state index >= 15 is 0 Å². The zero-order chi connectivity index (χ0) is 14.5. The van der Waals surface area contributed by atoms with Crippen LogP contribution in [0, 0.1) is 0 Å². The van der Waals surface area contributed by atoms with Gasteiger partial charge in [-0.2, -0.15) is 0 Å². The molecule has 0 bridgehead atoms. The zero-order valence-corrected chi connectivity index (χ0v) is 12.6. The fourth-order valence-electron chi connectivity index (χ4n) is 2.81. The third-order valence-corrected chi connectivity index (χ3v) is 3.99. The SMILES string of the molecule is CCN(CC)C(CC)(CC(=O)O)c1cccc(Cl)c1. The highest BCUT2D eigenvalue weighted by atomic mass is 35.5. The smallest absolute Gasteiger partial charge is 0.305 e. The van der Waals surface area contributed by atoms with Gasteiger partial charge in [-0.15, -0.1) is 0 Å². The number of hydrogen-bond acceptors (Lipinski definition) is 2. The van der Waals surface area contributed by atoms with Gasteiger partial charge in [0.1, 0.15) is 0 Å². The normalized spacial score (nSPS) is 14.4. The molecule has 0 aliphatic heterocycles. The first-order valence-electron chi connectivity index (χ1n) is 6.73. The van der Waals surface area contributed by atoms with E-state index in [-0.39, 0.29) is 6.42 Å². The molecular weight excluding hydrogens is 262 g/mol. The van der Waals surface area contributed by atoms with Crippen LogP contribution in [0.25, 0.3) is 0 Å². The molecule has 0 aliphatic carbocycles. The second-order valence-corrected chi connectivity index (χ2v) is 5.07. The van der Waals surface area contributed by atoms with Crippen molar-refractivity contribution in [3.8, 4) is 0 Å². The number of halogens is 1. The first kappa shape index (κ1) is 16.0. The van der Waals surface area contributed by atoms with Crippen LogP contribution in [0.3, 0.4) is 0 Å². The van der Waals surface area contributed by atoms with Gasteiger partial charge >= 0.3 is 5.97 Å². The Kier molecular flexibility index (Phi) is 5.83. The summed E-state index contributed by atoms with van der Waals surface area (Å²) in [5.74, 6) is -0.784. The molecule has 1 aromatic carbocycles. The van der Waals surface area contributed by atoms with Crippen LogP contribution in [0.15, 0.2) is 24.3 Å². The van der Waals surface area contributed by atoms with Crippen LogP contribution < -0.4 is 0 Å². The Morgan fingerprint density at radius 2 is 1.95 bits per heavy atom. The molecule has 106 valence electrons. The third-order valence-electron chi connectivity index (χ3n) is 3.76. The van der Waals surface area contributed by atoms with Crippen molar-refractivity contribution >= 4 is 17.6 Å². The second kappa shape index (κ2) is 6.92. The molecule has 1 atom stereocenters. The fraction of sp³-hybridized carbons (Fsp3) is 0.533. The van der Waals surface area contributed by atoms with Crippen molar-refractivity contribution in [3.05, 3.63) is 34.9 Å². The van der Waals surface area contributed by atoms with Gasteiger partial charge in [-0.25, -0.2) is 0 Å². The highest BCUT2D eigenvalue weighted by Gasteiger charge is 2.37. The predicted molar refractivity (Wildman–Crippen MR) is 78.6 cm³/mol. The quantitative estimate of drug-likeness (QED) is 0.828. The summed E-state index contributed by atoms with van der Waals surface area (Å²) in [6.45, 7) is 7.76. The minimum atomic E-state index is -0.784. The van der Waals surface area contributed by atoms with Crippen LogP contribution in [0.5, 0.6) is 0 Å². The van der Waals surface area contributed by atoms with Crippen LogP contribution >= 0.6 is 11.6 Å². The first-order chi connectivity index (χ1) is 9.00. The summed E-state index contributed by atoms with van der Waals surface area (Å²) in [6.07, 6.45) is 0.826. The summed E-state index contributed by atoms with van der Waals surface area (Å²) in [5, 5.41) is 9.94. The molecule has 0 spiro atoms. The van der Waals surface area contributed by atoms with Gasteiger partial charge < -0.3 is 5.11 Å². The van der Waals surface area contributed by atoms with Crippen molar-refractivity contribution < 1.29 is 9.90 Å². The Hall–Kier alpha value is -1.06. The molecule has 19 heavy (non-hydrogen) atoms. The highest BCUT2D eigenvalue weighted by molar-refractivity contribution is 6.30. The Morgan fingerprint density at radius 3 is 2.37 bits per heavy atom. The van der Waals surface area contributed by atoms with Crippen LogP contribution in [0.4, 0.5) is 0 Å². The number of aliphatic carboxylic acids is 1. The summed E-state index contributed by atoms with van der Waals surface area (Å²) in [5.41, 5.74) is 0.494. The Labute approximate surface area is 120 Å². The largest absolute Gasteiger partial charge is 0.481 e. The average molecular weight is 284 g/mol. The van der Waals surface area contributed by atoms with E-state index in [1.54, 1.807) is 0 Å². The zero-order valence-electron chi connectivity index (χ0n) is 11.8. The number of carboxylic acid groups (broad SMARTS) is 1. The van der Waals surface area contributed by atoms with Crippen molar-refractivity contribution in [2.75, 3.05) is 13.1 Å². The van der Waals surface area contributed by atoms with E-state index in [1.165, 1.54) is 0 Å². The Balaban J connectivity index is 3.34. The van der Waals surface area contributed by atoms with E-state index in [4.69, 9.17) is 11.6 Å². The fourth-order valence-corrected chi connectivity index (χ4v) is 3.00. The van der Waals surface area contributed by atoms with Crippen molar-refractivity contribution in [2.24, 2.45) is 0 Å². The number of benzene rings is 1. The van der Waals surface area contributed by atoms with Gasteiger partial charge in [0.05, 0.1) is 12.0 Å². The highest BCUT2D eigenvalue weighted by Crippen LogP contribution is 2.36. The maximum absolute atomic E-state index is 11.3. The van der Waals surface area contributed by atoms with Gasteiger partial charge in [0.25, 0.3) is 0 Å². The number of hydrogen-bond donors (Lipinski definition) is 1. The molecule has 0 heterocycles. The van der Waals surface area contributed by atoms with E-state index in [0.717, 1.165) is 25.1 Å². The molecule has 0 amide bonds. The van der Waals surface area contributed by atoms with Gasteiger partial charge in [0, 0.05) is 5.02 Å². The lowest BCUT2D eigenvalue weighted by Crippen LogP contribution is -2.47. The van der Waals surface area contributed by atoms with Gasteiger partial charge in [-0.05, 0) is 37.2 Å². The van der Waals surface area contributed by atoms with Crippen LogP contribution in [0.1, 0.15) is 39.2 Å². The summed E-state index contributed by atoms with van der Waals surface area (Å²) in [6, 6.07) is 7.55. The van der Waals surface area contributed by atoms with Gasteiger partial charge in [-0.1, -0.05) is 44.5 Å². The van der Waals surface area contributed by atoms with Gasteiger partial charge in [0.15, 0.2) is 0 Å². The van der Waals surface area contributed by atoms with E-state index in [2.05, 4.69) is 18.7 Å². The van der Waals surface area contributed by atoms with Crippen molar-refractivity contribution in [2.45, 2.75) is 39.2 Å². The molecule has 0 fully saturated rings. The number of carbonyl (C=O) groups is 1. The predicted octanol–water partition coefficient (Wildman–Crippen LogP) is 3.76. The summed E-state index contributed by atoms with van der Waals surface area (Å²) in [4.78, 5) is 13.5. The molecule has 0 aromatic heterocycles. The molecule has 1 unspecified atom stereocenters. The monoisotopic (exact) mass is 283 g/mol. The van der Waals surface area contributed by atoms with Crippen LogP contribution in [0.2, 0.25) is 5.02 Å². The standard InChI is InChI=1S/C15H22ClNO2/c1-4-15(11-14(18)19,17(5-2)6-3)12-8-7-9-13(16)10-12/h7-10H,4-6,11H2,1-3H3,(H,18,19). The Morgan fingerprint density at radius 1 is 1.32 bits per heavy atom. The molecule has 1 N–H and O–H groups in total. The van der Waals surface area contributed by atoms with E-state index < -0.39 is 11.5 Å². The number of nitrogens with zero attached hydrogens (tertiary/aromatic N) is 1. The van der Waals surface area contributed by atoms with Gasteiger partial charge in [-0.3, -0.25) is 9.69 Å². The maximum atomic E-state index is 11.3. The van der Waals surface area contributed by atoms with Crippen molar-refractivity contribution in [1.82, 2.24) is 4.90 Å². The minimum Gasteiger partial charge on any atom is -0.481 e. The van der Waals surface area contributed by atoms with E-state index in [9.17, 15) is 9.90 Å². The van der Waals surface area contributed by atoms with Crippen LogP contribution in [-0.4, -0.2) is 29.1 Å². The molecule has 4 heteroatoms. The van der Waals surface area contributed by atoms with E-state index in [0.29, 0.717) is 5.02 Å². The lowest BCUT2D eigenvalue weighted by molar-refractivity contribution is -0.141. The summed E-state index contributed by atoms with van der Waals surface area (Å²) in [7, 11) is 0. The van der Waals surface area contributed by atoms with Crippen LogP contribution in [-0.2, 0) is 10.3 Å². The molecule has 0 aliphatic rings. The number of carboxylic acids is 1. The van der Waals surface area contributed by atoms with Crippen molar-refractivity contribution in [1.29, 1.82) is 0 Å². The molecule has 0 saturated heterocycles. The third kappa shape index (κ3) is 3.48. The lowest BCUT2D eigenvalue weighted by Gasteiger charge is -2.42. The second-order valence-electron chi connectivity index (χ2n) is 4.64. The molecule has 0 radical (unpaired) electrons. The average Bonchev–Trinajstić information content (AvgIpc) is 2.38. The molecule has 1 rings (SSSR count). The molecule has 0 saturated carbocycles. The van der Waals surface area contributed by atoms with E-state index in [1.807, 2.05) is 31.2 Å². The lowest BCUT2D eigenvalue weighted by atomic mass is 9.82. The maximum Gasteiger partial charge on any atom is 0.305 e.